The van der Waals surface area contributed by atoms with Gasteiger partial charge < -0.3 is 19.9 Å². The maximum atomic E-state index is 12.5. The second kappa shape index (κ2) is 7.80. The Kier molecular flexibility index (Phi) is 6.47. The van der Waals surface area contributed by atoms with Gasteiger partial charge in [-0.1, -0.05) is 0 Å². The van der Waals surface area contributed by atoms with Gasteiger partial charge in [-0.3, -0.25) is 9.59 Å². The molecule has 2 aliphatic rings. The molecule has 0 aliphatic carbocycles. The fraction of sp³-hybridized carbons (Fsp3) is 0.905. The molecular weight excluding hydrogens is 376 g/mol. The smallest absolute Gasteiger partial charge is 0.310 e. The van der Waals surface area contributed by atoms with Crippen LogP contribution in [-0.2, 0) is 19.1 Å². The molecule has 29 heavy (non-hydrogen) atoms. The molecule has 2 saturated heterocycles. The van der Waals surface area contributed by atoms with Crippen LogP contribution in [0.3, 0.4) is 0 Å². The SMILES string of the molecule is CC1(C)CC(C(=O)OCCCOC(=O)C2CC(C)(C)N(O)C2(C)C)C(C)(C)N1O. The number of esters is 2. The number of hydrogen-bond acceptors (Lipinski definition) is 8. The van der Waals surface area contributed by atoms with Crippen LogP contribution >= 0.6 is 0 Å². The van der Waals surface area contributed by atoms with E-state index in [0.29, 0.717) is 19.3 Å². The van der Waals surface area contributed by atoms with Crippen LogP contribution in [0, 0.1) is 11.8 Å². The molecule has 0 saturated carbocycles. The van der Waals surface area contributed by atoms with Crippen LogP contribution in [0.1, 0.15) is 74.7 Å². The Hall–Kier alpha value is -1.22. The van der Waals surface area contributed by atoms with Crippen LogP contribution in [0.4, 0.5) is 0 Å². The first kappa shape index (κ1) is 24.1. The Morgan fingerprint density at radius 1 is 0.759 bits per heavy atom. The second-order valence-corrected chi connectivity index (χ2v) is 10.8. The van der Waals surface area contributed by atoms with Crippen molar-refractivity contribution < 1.29 is 29.5 Å². The normalized spacial score (nSPS) is 30.3. The first-order chi connectivity index (χ1) is 13.0. The van der Waals surface area contributed by atoms with Gasteiger partial charge in [0.25, 0.3) is 0 Å². The Morgan fingerprint density at radius 3 is 1.31 bits per heavy atom. The summed E-state index contributed by atoms with van der Waals surface area (Å²) in [6.45, 7) is 15.2. The Balaban J connectivity index is 1.78. The van der Waals surface area contributed by atoms with Crippen molar-refractivity contribution in [3.05, 3.63) is 0 Å². The Bertz CT molecular complexity index is 589. The predicted octanol–water partition coefficient (Wildman–Crippen LogP) is 3.00. The van der Waals surface area contributed by atoms with Gasteiger partial charge >= 0.3 is 11.9 Å². The van der Waals surface area contributed by atoms with E-state index >= 15 is 0 Å². The molecule has 2 heterocycles. The number of hydroxylamine groups is 4. The summed E-state index contributed by atoms with van der Waals surface area (Å²) in [7, 11) is 0. The Labute approximate surface area is 174 Å². The lowest BCUT2D eigenvalue weighted by Gasteiger charge is -2.35. The summed E-state index contributed by atoms with van der Waals surface area (Å²) in [4.78, 5) is 25.0. The van der Waals surface area contributed by atoms with Gasteiger partial charge in [-0.15, -0.1) is 0 Å². The molecule has 0 bridgehead atoms. The molecule has 8 nitrogen and oxygen atoms in total. The predicted molar refractivity (Wildman–Crippen MR) is 106 cm³/mol. The number of ether oxygens (including phenoxy) is 2. The molecule has 2 fully saturated rings. The van der Waals surface area contributed by atoms with Gasteiger partial charge in [-0.25, -0.2) is 0 Å². The number of carbonyl (C=O) groups is 2. The highest BCUT2D eigenvalue weighted by molar-refractivity contribution is 5.75. The summed E-state index contributed by atoms with van der Waals surface area (Å²) in [6, 6.07) is 0. The molecule has 2 N–H and O–H groups in total. The van der Waals surface area contributed by atoms with Crippen LogP contribution in [0.5, 0.6) is 0 Å². The standard InChI is InChI=1S/C21H38N2O6/c1-18(2)12-14(20(5,6)22(18)26)16(24)28-10-9-11-29-17(25)15-13-19(3,4)23(27)21(15,7)8/h14-15,26-27H,9-13H2,1-8H3. The molecule has 0 aromatic heterocycles. The first-order valence-electron chi connectivity index (χ1n) is 10.4. The molecule has 0 radical (unpaired) electrons. The molecular formula is C21H38N2O6. The third-order valence-corrected chi connectivity index (χ3v) is 6.70. The van der Waals surface area contributed by atoms with Gasteiger partial charge in [-0.05, 0) is 68.2 Å². The van der Waals surface area contributed by atoms with Gasteiger partial charge in [0.05, 0.1) is 36.1 Å². The lowest BCUT2D eigenvalue weighted by molar-refractivity contribution is -0.200. The van der Waals surface area contributed by atoms with Crippen molar-refractivity contribution in [3.63, 3.8) is 0 Å². The van der Waals surface area contributed by atoms with Crippen LogP contribution in [-0.4, -0.2) is 67.8 Å². The highest BCUT2D eigenvalue weighted by Crippen LogP contribution is 2.45. The summed E-state index contributed by atoms with van der Waals surface area (Å²) in [5.74, 6) is -1.55. The van der Waals surface area contributed by atoms with Crippen molar-refractivity contribution in [2.75, 3.05) is 13.2 Å². The maximum absolute atomic E-state index is 12.5. The zero-order valence-corrected chi connectivity index (χ0v) is 19.1. The van der Waals surface area contributed by atoms with Gasteiger partial charge in [0, 0.05) is 17.5 Å². The summed E-state index contributed by atoms with van der Waals surface area (Å²) in [5.41, 5.74) is -2.40. The minimum atomic E-state index is -0.704. The third kappa shape index (κ3) is 4.45. The molecule has 0 spiro atoms. The number of carbonyl (C=O) groups excluding carboxylic acids is 2. The molecule has 2 atom stereocenters. The van der Waals surface area contributed by atoms with Crippen LogP contribution in [0.25, 0.3) is 0 Å². The van der Waals surface area contributed by atoms with Gasteiger partial charge in [0.15, 0.2) is 0 Å². The highest BCUT2D eigenvalue weighted by atomic mass is 16.6. The molecule has 0 aromatic carbocycles. The average molecular weight is 415 g/mol. The van der Waals surface area contributed by atoms with Gasteiger partial charge in [0.1, 0.15) is 0 Å². The Morgan fingerprint density at radius 2 is 1.07 bits per heavy atom. The van der Waals surface area contributed by atoms with Crippen LogP contribution < -0.4 is 0 Å². The minimum absolute atomic E-state index is 0.149. The minimum Gasteiger partial charge on any atom is -0.465 e. The lowest BCUT2D eigenvalue weighted by atomic mass is 9.87. The average Bonchev–Trinajstić information content (AvgIpc) is 2.87. The fourth-order valence-corrected chi connectivity index (χ4v) is 4.88. The maximum Gasteiger partial charge on any atom is 0.310 e. The van der Waals surface area contributed by atoms with E-state index in [0.717, 1.165) is 0 Å². The van der Waals surface area contributed by atoms with E-state index in [2.05, 4.69) is 0 Å². The van der Waals surface area contributed by atoms with Gasteiger partial charge in [-0.2, -0.15) is 10.1 Å². The van der Waals surface area contributed by atoms with Crippen molar-refractivity contribution in [1.82, 2.24) is 10.1 Å². The highest BCUT2D eigenvalue weighted by Gasteiger charge is 2.56. The topological polar surface area (TPSA) is 99.5 Å². The van der Waals surface area contributed by atoms with Crippen molar-refractivity contribution in [2.24, 2.45) is 11.8 Å². The number of rotatable bonds is 6. The number of hydrogen-bond donors (Lipinski definition) is 2. The zero-order chi connectivity index (χ0) is 22.4. The lowest BCUT2D eigenvalue weighted by Crippen LogP contribution is -2.48. The molecule has 8 heteroatoms. The van der Waals surface area contributed by atoms with Crippen molar-refractivity contribution >= 4 is 11.9 Å². The van der Waals surface area contributed by atoms with Crippen molar-refractivity contribution in [2.45, 2.75) is 96.8 Å². The summed E-state index contributed by atoms with van der Waals surface area (Å²) in [6.07, 6.45) is 1.42. The quantitative estimate of drug-likeness (QED) is 0.505. The summed E-state index contributed by atoms with van der Waals surface area (Å²) < 4.78 is 10.8. The van der Waals surface area contributed by atoms with Gasteiger partial charge in [0.2, 0.25) is 0 Å². The van der Waals surface area contributed by atoms with E-state index in [1.54, 1.807) is 0 Å². The summed E-state index contributed by atoms with van der Waals surface area (Å²) >= 11 is 0. The van der Waals surface area contributed by atoms with E-state index in [9.17, 15) is 20.0 Å². The monoisotopic (exact) mass is 414 g/mol. The largest absolute Gasteiger partial charge is 0.465 e. The van der Waals surface area contributed by atoms with E-state index in [4.69, 9.17) is 9.47 Å². The second-order valence-electron chi connectivity index (χ2n) is 10.8. The first-order valence-corrected chi connectivity index (χ1v) is 10.4. The molecule has 168 valence electrons. The summed E-state index contributed by atoms with van der Waals surface area (Å²) in [5, 5.41) is 23.1. The fourth-order valence-electron chi connectivity index (χ4n) is 4.88. The number of nitrogens with zero attached hydrogens (tertiary/aromatic N) is 2. The third-order valence-electron chi connectivity index (χ3n) is 6.70. The van der Waals surface area contributed by atoms with E-state index in [1.807, 2.05) is 55.4 Å². The van der Waals surface area contributed by atoms with Crippen LogP contribution in [0.15, 0.2) is 0 Å². The van der Waals surface area contributed by atoms with E-state index < -0.39 is 34.0 Å². The molecule has 2 aliphatic heterocycles. The van der Waals surface area contributed by atoms with Crippen LogP contribution in [0.2, 0.25) is 0 Å². The molecule has 0 amide bonds. The van der Waals surface area contributed by atoms with Crippen molar-refractivity contribution in [3.8, 4) is 0 Å². The molecule has 2 unspecified atom stereocenters. The zero-order valence-electron chi connectivity index (χ0n) is 19.1. The molecule has 0 aromatic rings. The molecule has 2 rings (SSSR count). The van der Waals surface area contributed by atoms with E-state index in [-0.39, 0.29) is 25.2 Å². The van der Waals surface area contributed by atoms with E-state index in [1.165, 1.54) is 10.1 Å². The van der Waals surface area contributed by atoms with Crippen molar-refractivity contribution in [1.29, 1.82) is 0 Å².